The van der Waals surface area contributed by atoms with Crippen molar-refractivity contribution in [1.29, 1.82) is 0 Å². The van der Waals surface area contributed by atoms with Crippen molar-refractivity contribution in [3.05, 3.63) is 22.2 Å². The standard InChI is InChI=1S/C14H24N4O2/c1-6-15-12-7-11(18(19)20)8-13(17-12)16-9-14(4,5)10(2)3/h7-8,10H,6,9H2,1-5H3,(H2,15,16,17). The first-order chi connectivity index (χ1) is 9.26. The molecule has 0 radical (unpaired) electrons. The zero-order chi connectivity index (χ0) is 15.3. The smallest absolute Gasteiger partial charge is 0.276 e. The quantitative estimate of drug-likeness (QED) is 0.590. The number of nitro groups is 1. The number of hydrogen-bond donors (Lipinski definition) is 2. The first kappa shape index (κ1) is 16.2. The highest BCUT2D eigenvalue weighted by molar-refractivity contribution is 5.54. The Morgan fingerprint density at radius 3 is 2.30 bits per heavy atom. The molecule has 0 unspecified atom stereocenters. The lowest BCUT2D eigenvalue weighted by Gasteiger charge is -2.29. The van der Waals surface area contributed by atoms with E-state index in [1.54, 1.807) is 0 Å². The molecule has 0 bridgehead atoms. The van der Waals surface area contributed by atoms with Crippen LogP contribution < -0.4 is 10.6 Å². The fourth-order valence-electron chi connectivity index (χ4n) is 1.51. The van der Waals surface area contributed by atoms with Gasteiger partial charge in [0.1, 0.15) is 11.6 Å². The molecule has 0 aliphatic heterocycles. The Balaban J connectivity index is 2.91. The molecular formula is C14H24N4O2. The van der Waals surface area contributed by atoms with Gasteiger partial charge < -0.3 is 10.6 Å². The van der Waals surface area contributed by atoms with Crippen LogP contribution in [0.2, 0.25) is 0 Å². The lowest BCUT2D eigenvalue weighted by Crippen LogP contribution is -2.28. The monoisotopic (exact) mass is 280 g/mol. The summed E-state index contributed by atoms with van der Waals surface area (Å²) in [5.41, 5.74) is 0.130. The van der Waals surface area contributed by atoms with Crippen molar-refractivity contribution in [2.75, 3.05) is 23.7 Å². The molecule has 1 aromatic heterocycles. The maximum Gasteiger partial charge on any atom is 0.276 e. The third-order valence-electron chi connectivity index (χ3n) is 3.67. The molecular weight excluding hydrogens is 256 g/mol. The highest BCUT2D eigenvalue weighted by atomic mass is 16.6. The van der Waals surface area contributed by atoms with E-state index in [0.29, 0.717) is 30.6 Å². The molecule has 0 saturated carbocycles. The molecule has 0 aliphatic rings. The van der Waals surface area contributed by atoms with E-state index in [2.05, 4.69) is 43.3 Å². The summed E-state index contributed by atoms with van der Waals surface area (Å²) in [7, 11) is 0. The minimum atomic E-state index is -0.401. The Labute approximate surface area is 120 Å². The normalized spacial score (nSPS) is 11.5. The fourth-order valence-corrected chi connectivity index (χ4v) is 1.51. The van der Waals surface area contributed by atoms with Crippen molar-refractivity contribution < 1.29 is 4.92 Å². The van der Waals surface area contributed by atoms with Crippen molar-refractivity contribution in [2.45, 2.75) is 34.6 Å². The van der Waals surface area contributed by atoms with Gasteiger partial charge in [-0.15, -0.1) is 0 Å². The van der Waals surface area contributed by atoms with E-state index in [1.165, 1.54) is 12.1 Å². The second-order valence-electron chi connectivity index (χ2n) is 5.88. The summed E-state index contributed by atoms with van der Waals surface area (Å²) in [6.07, 6.45) is 0. The molecule has 0 saturated heterocycles. The van der Waals surface area contributed by atoms with E-state index in [-0.39, 0.29) is 11.1 Å². The zero-order valence-corrected chi connectivity index (χ0v) is 12.9. The second-order valence-corrected chi connectivity index (χ2v) is 5.88. The van der Waals surface area contributed by atoms with Gasteiger partial charge in [-0.05, 0) is 18.3 Å². The van der Waals surface area contributed by atoms with Gasteiger partial charge >= 0.3 is 0 Å². The van der Waals surface area contributed by atoms with Crippen LogP contribution in [0.25, 0.3) is 0 Å². The Morgan fingerprint density at radius 1 is 1.30 bits per heavy atom. The molecule has 112 valence electrons. The van der Waals surface area contributed by atoms with Gasteiger partial charge in [0.25, 0.3) is 5.69 Å². The zero-order valence-electron chi connectivity index (χ0n) is 12.9. The van der Waals surface area contributed by atoms with Crippen LogP contribution in [0, 0.1) is 21.4 Å². The molecule has 0 spiro atoms. The minimum Gasteiger partial charge on any atom is -0.370 e. The third kappa shape index (κ3) is 4.36. The third-order valence-corrected chi connectivity index (χ3v) is 3.67. The van der Waals surface area contributed by atoms with E-state index in [0.717, 1.165) is 0 Å². The van der Waals surface area contributed by atoms with Crippen LogP contribution >= 0.6 is 0 Å². The van der Waals surface area contributed by atoms with Crippen LogP contribution in [0.5, 0.6) is 0 Å². The molecule has 0 fully saturated rings. The van der Waals surface area contributed by atoms with Crippen LogP contribution in [-0.4, -0.2) is 23.0 Å². The van der Waals surface area contributed by atoms with Crippen molar-refractivity contribution in [3.63, 3.8) is 0 Å². The van der Waals surface area contributed by atoms with Crippen LogP contribution in [0.3, 0.4) is 0 Å². The molecule has 1 aromatic rings. The Kier molecular flexibility index (Phi) is 5.30. The summed E-state index contributed by atoms with van der Waals surface area (Å²) in [5, 5.41) is 17.2. The number of aromatic nitrogens is 1. The van der Waals surface area contributed by atoms with Gasteiger partial charge in [0.15, 0.2) is 0 Å². The van der Waals surface area contributed by atoms with E-state index in [1.807, 2.05) is 6.92 Å². The van der Waals surface area contributed by atoms with Crippen LogP contribution in [0.1, 0.15) is 34.6 Å². The fraction of sp³-hybridized carbons (Fsp3) is 0.643. The summed E-state index contributed by atoms with van der Waals surface area (Å²) >= 11 is 0. The van der Waals surface area contributed by atoms with Crippen molar-refractivity contribution in [2.24, 2.45) is 11.3 Å². The number of anilines is 2. The molecule has 20 heavy (non-hydrogen) atoms. The largest absolute Gasteiger partial charge is 0.370 e. The maximum absolute atomic E-state index is 10.9. The topological polar surface area (TPSA) is 80.1 Å². The molecule has 0 aromatic carbocycles. The SMILES string of the molecule is CCNc1cc([N+](=O)[O-])cc(NCC(C)(C)C(C)C)n1. The second kappa shape index (κ2) is 6.54. The van der Waals surface area contributed by atoms with Gasteiger partial charge in [0.2, 0.25) is 0 Å². The predicted octanol–water partition coefficient (Wildman–Crippen LogP) is 3.52. The number of nitrogens with one attached hydrogen (secondary N) is 2. The predicted molar refractivity (Wildman–Crippen MR) is 82.2 cm³/mol. The van der Waals surface area contributed by atoms with Gasteiger partial charge in [0, 0.05) is 13.1 Å². The van der Waals surface area contributed by atoms with E-state index in [4.69, 9.17) is 0 Å². The summed E-state index contributed by atoms with van der Waals surface area (Å²) in [6.45, 7) is 11.9. The van der Waals surface area contributed by atoms with Crippen LogP contribution in [0.4, 0.5) is 17.3 Å². The van der Waals surface area contributed by atoms with Crippen molar-refractivity contribution in [1.82, 2.24) is 4.98 Å². The summed E-state index contributed by atoms with van der Waals surface area (Å²) in [5.74, 6) is 1.55. The van der Waals surface area contributed by atoms with Gasteiger partial charge in [-0.2, -0.15) is 0 Å². The highest BCUT2D eigenvalue weighted by Crippen LogP contribution is 2.27. The molecule has 0 aliphatic carbocycles. The molecule has 1 rings (SSSR count). The lowest BCUT2D eigenvalue weighted by molar-refractivity contribution is -0.384. The minimum absolute atomic E-state index is 0.0424. The number of rotatable bonds is 7. The number of nitrogens with zero attached hydrogens (tertiary/aromatic N) is 2. The first-order valence-electron chi connectivity index (χ1n) is 6.90. The summed E-state index contributed by atoms with van der Waals surface area (Å²) in [6, 6.07) is 2.92. The molecule has 6 nitrogen and oxygen atoms in total. The Morgan fingerprint density at radius 2 is 1.85 bits per heavy atom. The number of pyridine rings is 1. The van der Waals surface area contributed by atoms with E-state index in [9.17, 15) is 10.1 Å². The number of hydrogen-bond acceptors (Lipinski definition) is 5. The Hall–Kier alpha value is -1.85. The molecule has 2 N–H and O–H groups in total. The molecule has 0 amide bonds. The molecule has 6 heteroatoms. The van der Waals surface area contributed by atoms with Gasteiger partial charge in [-0.25, -0.2) is 4.98 Å². The van der Waals surface area contributed by atoms with Crippen LogP contribution in [0.15, 0.2) is 12.1 Å². The Bertz CT molecular complexity index is 472. The molecule has 0 atom stereocenters. The maximum atomic E-state index is 10.9. The molecule has 1 heterocycles. The van der Waals surface area contributed by atoms with Crippen molar-refractivity contribution in [3.8, 4) is 0 Å². The van der Waals surface area contributed by atoms with Crippen LogP contribution in [-0.2, 0) is 0 Å². The van der Waals surface area contributed by atoms with E-state index >= 15 is 0 Å². The van der Waals surface area contributed by atoms with E-state index < -0.39 is 4.92 Å². The van der Waals surface area contributed by atoms with Gasteiger partial charge in [-0.1, -0.05) is 27.7 Å². The first-order valence-corrected chi connectivity index (χ1v) is 6.90. The summed E-state index contributed by atoms with van der Waals surface area (Å²) < 4.78 is 0. The lowest BCUT2D eigenvalue weighted by atomic mass is 9.81. The van der Waals surface area contributed by atoms with Crippen molar-refractivity contribution >= 4 is 17.3 Å². The van der Waals surface area contributed by atoms with Gasteiger partial charge in [0.05, 0.1) is 17.1 Å². The summed E-state index contributed by atoms with van der Waals surface area (Å²) in [4.78, 5) is 14.9. The average molecular weight is 280 g/mol. The van der Waals surface area contributed by atoms with Gasteiger partial charge in [-0.3, -0.25) is 10.1 Å². The highest BCUT2D eigenvalue weighted by Gasteiger charge is 2.22. The average Bonchev–Trinajstić information content (AvgIpc) is 2.36.